The SMILES string of the molecule is c1cc(Cn2ccnc2-c2ccncc2)ccn1. The molecule has 0 amide bonds. The third-order valence-corrected chi connectivity index (χ3v) is 2.76. The molecule has 18 heavy (non-hydrogen) atoms. The van der Waals surface area contributed by atoms with Gasteiger partial charge in [-0.25, -0.2) is 4.98 Å². The van der Waals surface area contributed by atoms with Crippen LogP contribution in [0.2, 0.25) is 0 Å². The number of aromatic nitrogens is 4. The lowest BCUT2D eigenvalue weighted by molar-refractivity contribution is 0.805. The molecule has 0 spiro atoms. The summed E-state index contributed by atoms with van der Waals surface area (Å²) in [7, 11) is 0. The van der Waals surface area contributed by atoms with Gasteiger partial charge in [-0.15, -0.1) is 0 Å². The van der Waals surface area contributed by atoms with Crippen molar-refractivity contribution < 1.29 is 0 Å². The highest BCUT2D eigenvalue weighted by Crippen LogP contribution is 2.17. The molecule has 3 rings (SSSR count). The fraction of sp³-hybridized carbons (Fsp3) is 0.0714. The third-order valence-electron chi connectivity index (χ3n) is 2.76. The fourth-order valence-corrected chi connectivity index (χ4v) is 1.88. The first-order valence-electron chi connectivity index (χ1n) is 5.74. The number of hydrogen-bond acceptors (Lipinski definition) is 3. The molecule has 88 valence electrons. The van der Waals surface area contributed by atoms with Crippen molar-refractivity contribution in [1.29, 1.82) is 0 Å². The van der Waals surface area contributed by atoms with Crippen LogP contribution < -0.4 is 0 Å². The van der Waals surface area contributed by atoms with Gasteiger partial charge < -0.3 is 4.57 Å². The molecular formula is C14H12N4. The second-order valence-corrected chi connectivity index (χ2v) is 3.97. The molecule has 3 heterocycles. The fourth-order valence-electron chi connectivity index (χ4n) is 1.88. The van der Waals surface area contributed by atoms with Crippen LogP contribution in [0.15, 0.2) is 61.4 Å². The van der Waals surface area contributed by atoms with Gasteiger partial charge >= 0.3 is 0 Å². The largest absolute Gasteiger partial charge is 0.327 e. The molecule has 0 radical (unpaired) electrons. The van der Waals surface area contributed by atoms with Crippen molar-refractivity contribution in [3.8, 4) is 11.4 Å². The van der Waals surface area contributed by atoms with E-state index in [0.29, 0.717) is 0 Å². The molecule has 0 unspecified atom stereocenters. The molecule has 0 N–H and O–H groups in total. The quantitative estimate of drug-likeness (QED) is 0.701. The topological polar surface area (TPSA) is 43.6 Å². The Morgan fingerprint density at radius 1 is 0.833 bits per heavy atom. The zero-order valence-corrected chi connectivity index (χ0v) is 9.77. The van der Waals surface area contributed by atoms with E-state index in [4.69, 9.17) is 0 Å². The Labute approximate surface area is 105 Å². The van der Waals surface area contributed by atoms with Gasteiger partial charge in [0.2, 0.25) is 0 Å². The number of nitrogens with zero attached hydrogens (tertiary/aromatic N) is 4. The van der Waals surface area contributed by atoms with E-state index in [1.165, 1.54) is 5.56 Å². The van der Waals surface area contributed by atoms with E-state index in [0.717, 1.165) is 17.9 Å². The van der Waals surface area contributed by atoms with Crippen LogP contribution in [0.25, 0.3) is 11.4 Å². The molecule has 3 aromatic heterocycles. The summed E-state index contributed by atoms with van der Waals surface area (Å²) in [5.41, 5.74) is 2.28. The Morgan fingerprint density at radius 3 is 2.22 bits per heavy atom. The number of rotatable bonds is 3. The van der Waals surface area contributed by atoms with E-state index in [-0.39, 0.29) is 0 Å². The Balaban J connectivity index is 1.93. The predicted octanol–water partition coefficient (Wildman–Crippen LogP) is 2.39. The van der Waals surface area contributed by atoms with E-state index in [9.17, 15) is 0 Å². The van der Waals surface area contributed by atoms with Gasteiger partial charge in [0.15, 0.2) is 0 Å². The summed E-state index contributed by atoms with van der Waals surface area (Å²) in [6.45, 7) is 0.792. The lowest BCUT2D eigenvalue weighted by Crippen LogP contribution is -2.01. The molecule has 0 aliphatic carbocycles. The molecule has 0 atom stereocenters. The first-order chi connectivity index (χ1) is 8.93. The first kappa shape index (κ1) is 10.7. The molecule has 0 saturated heterocycles. The molecule has 3 aromatic rings. The molecule has 4 nitrogen and oxygen atoms in total. The average molecular weight is 236 g/mol. The minimum absolute atomic E-state index is 0.792. The molecule has 4 heteroatoms. The Morgan fingerprint density at radius 2 is 1.50 bits per heavy atom. The van der Waals surface area contributed by atoms with Crippen LogP contribution in [0.3, 0.4) is 0 Å². The van der Waals surface area contributed by atoms with Gasteiger partial charge in [0.1, 0.15) is 5.82 Å². The van der Waals surface area contributed by atoms with Crippen LogP contribution in [0, 0.1) is 0 Å². The van der Waals surface area contributed by atoms with Gasteiger partial charge in [-0.3, -0.25) is 9.97 Å². The van der Waals surface area contributed by atoms with Crippen LogP contribution in [0.1, 0.15) is 5.56 Å². The first-order valence-corrected chi connectivity index (χ1v) is 5.74. The summed E-state index contributed by atoms with van der Waals surface area (Å²) >= 11 is 0. The maximum Gasteiger partial charge on any atom is 0.140 e. The lowest BCUT2D eigenvalue weighted by atomic mass is 10.2. The minimum atomic E-state index is 0.792. The standard InChI is InChI=1S/C14H12N4/c1-5-15-6-2-12(1)11-18-10-9-17-14(18)13-3-7-16-8-4-13/h1-10H,11H2. The molecular weight excluding hydrogens is 224 g/mol. The number of hydrogen-bond donors (Lipinski definition) is 0. The highest BCUT2D eigenvalue weighted by Gasteiger charge is 2.05. The Kier molecular flexibility index (Phi) is 2.84. The van der Waals surface area contributed by atoms with Crippen molar-refractivity contribution in [2.75, 3.05) is 0 Å². The maximum absolute atomic E-state index is 4.40. The van der Waals surface area contributed by atoms with Gasteiger partial charge in [-0.2, -0.15) is 0 Å². The highest BCUT2D eigenvalue weighted by atomic mass is 15.1. The van der Waals surface area contributed by atoms with Gasteiger partial charge in [0.25, 0.3) is 0 Å². The minimum Gasteiger partial charge on any atom is -0.327 e. The van der Waals surface area contributed by atoms with Crippen LogP contribution in [-0.4, -0.2) is 19.5 Å². The third kappa shape index (κ3) is 2.13. The van der Waals surface area contributed by atoms with Crippen molar-refractivity contribution in [2.45, 2.75) is 6.54 Å². The molecule has 0 fully saturated rings. The van der Waals surface area contributed by atoms with Gasteiger partial charge in [-0.05, 0) is 29.8 Å². The Bertz CT molecular complexity index is 617. The predicted molar refractivity (Wildman–Crippen MR) is 68.8 cm³/mol. The highest BCUT2D eigenvalue weighted by molar-refractivity contribution is 5.54. The maximum atomic E-state index is 4.40. The number of imidazole rings is 1. The molecule has 0 bridgehead atoms. The second-order valence-electron chi connectivity index (χ2n) is 3.97. The monoisotopic (exact) mass is 236 g/mol. The van der Waals surface area contributed by atoms with Crippen LogP contribution in [-0.2, 0) is 6.54 Å². The summed E-state index contributed by atoms with van der Waals surface area (Å²) in [5.74, 6) is 0.953. The van der Waals surface area contributed by atoms with Crippen molar-refractivity contribution >= 4 is 0 Å². The summed E-state index contributed by atoms with van der Waals surface area (Å²) in [5, 5.41) is 0. The van der Waals surface area contributed by atoms with Crippen LogP contribution in [0.4, 0.5) is 0 Å². The van der Waals surface area contributed by atoms with Crippen LogP contribution in [0.5, 0.6) is 0 Å². The van der Waals surface area contributed by atoms with Crippen LogP contribution >= 0.6 is 0 Å². The zero-order valence-electron chi connectivity index (χ0n) is 9.77. The van der Waals surface area contributed by atoms with Crippen molar-refractivity contribution in [3.63, 3.8) is 0 Å². The van der Waals surface area contributed by atoms with E-state index in [1.54, 1.807) is 24.8 Å². The van der Waals surface area contributed by atoms with Crippen molar-refractivity contribution in [2.24, 2.45) is 0 Å². The summed E-state index contributed by atoms with van der Waals surface area (Å²) in [4.78, 5) is 12.4. The smallest absolute Gasteiger partial charge is 0.140 e. The number of pyridine rings is 2. The van der Waals surface area contributed by atoms with Crippen molar-refractivity contribution in [1.82, 2.24) is 19.5 Å². The molecule has 0 aliphatic rings. The molecule has 0 aromatic carbocycles. The second kappa shape index (κ2) is 4.79. The van der Waals surface area contributed by atoms with Gasteiger partial charge in [0, 0.05) is 49.3 Å². The zero-order chi connectivity index (χ0) is 12.2. The average Bonchev–Trinajstić information content (AvgIpc) is 2.89. The van der Waals surface area contributed by atoms with Gasteiger partial charge in [0.05, 0.1) is 0 Å². The normalized spacial score (nSPS) is 10.4. The lowest BCUT2D eigenvalue weighted by Gasteiger charge is -2.07. The van der Waals surface area contributed by atoms with E-state index in [1.807, 2.05) is 36.7 Å². The Hall–Kier alpha value is -2.49. The van der Waals surface area contributed by atoms with E-state index < -0.39 is 0 Å². The molecule has 0 saturated carbocycles. The van der Waals surface area contributed by atoms with Crippen molar-refractivity contribution in [3.05, 3.63) is 67.0 Å². The summed E-state index contributed by atoms with van der Waals surface area (Å²) < 4.78 is 2.12. The van der Waals surface area contributed by atoms with E-state index in [2.05, 4.69) is 19.5 Å². The molecule has 0 aliphatic heterocycles. The summed E-state index contributed by atoms with van der Waals surface area (Å²) in [6, 6.07) is 7.95. The van der Waals surface area contributed by atoms with E-state index >= 15 is 0 Å². The summed E-state index contributed by atoms with van der Waals surface area (Å²) in [6.07, 6.45) is 11.0. The van der Waals surface area contributed by atoms with Gasteiger partial charge in [-0.1, -0.05) is 0 Å².